The summed E-state index contributed by atoms with van der Waals surface area (Å²) >= 11 is 3.24. The van der Waals surface area contributed by atoms with Crippen molar-refractivity contribution in [1.29, 1.82) is 0 Å². The minimum Gasteiger partial charge on any atom is -0.258 e. The Labute approximate surface area is 147 Å². The van der Waals surface area contributed by atoms with E-state index in [0.29, 0.717) is 0 Å². The number of nitro benzene ring substituents is 1. The molecule has 24 heavy (non-hydrogen) atoms. The van der Waals surface area contributed by atoms with Crippen LogP contribution in [0.5, 0.6) is 0 Å². The molecule has 0 saturated carbocycles. The summed E-state index contributed by atoms with van der Waals surface area (Å²) in [5, 5.41) is 25.8. The molecule has 0 bridgehead atoms. The Morgan fingerprint density at radius 1 is 1.38 bits per heavy atom. The van der Waals surface area contributed by atoms with Gasteiger partial charge in [-0.3, -0.25) is 15.1 Å². The predicted octanol–water partition coefficient (Wildman–Crippen LogP) is 3.82. The molecule has 2 aliphatic heterocycles. The fourth-order valence-corrected chi connectivity index (χ4v) is 5.03. The van der Waals surface area contributed by atoms with E-state index >= 15 is 0 Å². The molecule has 1 atom stereocenters. The van der Waals surface area contributed by atoms with Crippen molar-refractivity contribution < 1.29 is 4.92 Å². The molecule has 1 aromatic carbocycles. The van der Waals surface area contributed by atoms with Crippen molar-refractivity contribution in [3.05, 3.63) is 56.2 Å². The number of aryl methyl sites for hydroxylation is 1. The second kappa shape index (κ2) is 6.14. The number of rotatable bonds is 5. The van der Waals surface area contributed by atoms with Crippen LogP contribution in [-0.2, 0) is 6.42 Å². The SMILES string of the molecule is CCCCc1nnc2n1N1C(=CS[C@@H]1c1cccc([N+](=O)[O-])c1)S2. The fourth-order valence-electron chi connectivity index (χ4n) is 2.80. The third-order valence-corrected chi connectivity index (χ3v) is 6.14. The van der Waals surface area contributed by atoms with Gasteiger partial charge < -0.3 is 0 Å². The van der Waals surface area contributed by atoms with Gasteiger partial charge in [-0.15, -0.1) is 10.2 Å². The smallest absolute Gasteiger partial charge is 0.258 e. The van der Waals surface area contributed by atoms with Gasteiger partial charge in [-0.25, -0.2) is 4.68 Å². The van der Waals surface area contributed by atoms with Crippen LogP contribution in [0.4, 0.5) is 5.69 Å². The number of nitrogens with zero attached hydrogens (tertiary/aromatic N) is 5. The molecule has 0 saturated heterocycles. The Bertz CT molecular complexity index is 835. The molecule has 1 aromatic heterocycles. The molecule has 0 aliphatic carbocycles. The van der Waals surface area contributed by atoms with Gasteiger partial charge in [-0.05, 0) is 23.7 Å². The molecule has 124 valence electrons. The van der Waals surface area contributed by atoms with Gasteiger partial charge in [0, 0.05) is 24.0 Å². The van der Waals surface area contributed by atoms with E-state index in [2.05, 4.69) is 32.2 Å². The average molecular weight is 361 g/mol. The van der Waals surface area contributed by atoms with E-state index < -0.39 is 0 Å². The number of aromatic nitrogens is 3. The highest BCUT2D eigenvalue weighted by Gasteiger charge is 2.39. The lowest BCUT2D eigenvalue weighted by Gasteiger charge is -2.25. The molecule has 0 fully saturated rings. The van der Waals surface area contributed by atoms with Gasteiger partial charge in [0.05, 0.1) is 4.92 Å². The van der Waals surface area contributed by atoms with Crippen molar-refractivity contribution in [2.45, 2.75) is 36.7 Å². The van der Waals surface area contributed by atoms with Crippen molar-refractivity contribution in [1.82, 2.24) is 14.9 Å². The van der Waals surface area contributed by atoms with Gasteiger partial charge in [-0.2, -0.15) is 0 Å². The summed E-state index contributed by atoms with van der Waals surface area (Å²) in [5.74, 6) is 0.945. The van der Waals surface area contributed by atoms with Crippen LogP contribution in [0.1, 0.15) is 36.5 Å². The number of nitro groups is 1. The van der Waals surface area contributed by atoms with Crippen LogP contribution in [0.15, 0.2) is 39.9 Å². The predicted molar refractivity (Wildman–Crippen MR) is 94.2 cm³/mol. The second-order valence-corrected chi connectivity index (χ2v) is 7.50. The highest BCUT2D eigenvalue weighted by molar-refractivity contribution is 8.07. The highest BCUT2D eigenvalue weighted by atomic mass is 32.2. The van der Waals surface area contributed by atoms with E-state index in [-0.39, 0.29) is 16.0 Å². The van der Waals surface area contributed by atoms with E-state index in [1.807, 2.05) is 6.07 Å². The lowest BCUT2D eigenvalue weighted by atomic mass is 10.2. The van der Waals surface area contributed by atoms with Gasteiger partial charge in [0.15, 0.2) is 5.82 Å². The summed E-state index contributed by atoms with van der Waals surface area (Å²) in [4.78, 5) is 10.7. The molecule has 7 nitrogen and oxygen atoms in total. The maximum atomic E-state index is 11.1. The Balaban J connectivity index is 1.70. The molecular formula is C15H15N5O2S2. The first-order valence-corrected chi connectivity index (χ1v) is 9.46. The van der Waals surface area contributed by atoms with E-state index in [1.54, 1.807) is 35.7 Å². The zero-order chi connectivity index (χ0) is 16.7. The van der Waals surface area contributed by atoms with Gasteiger partial charge in [0.2, 0.25) is 5.16 Å². The highest BCUT2D eigenvalue weighted by Crippen LogP contribution is 2.51. The van der Waals surface area contributed by atoms with Crippen LogP contribution in [0, 0.1) is 10.1 Å². The van der Waals surface area contributed by atoms with Crippen LogP contribution in [0.25, 0.3) is 0 Å². The van der Waals surface area contributed by atoms with Crippen molar-refractivity contribution in [3.8, 4) is 0 Å². The molecular weight excluding hydrogens is 346 g/mol. The summed E-state index contributed by atoms with van der Waals surface area (Å²) in [7, 11) is 0. The Morgan fingerprint density at radius 3 is 3.04 bits per heavy atom. The van der Waals surface area contributed by atoms with Gasteiger partial charge >= 0.3 is 0 Å². The van der Waals surface area contributed by atoms with Gasteiger partial charge in [0.1, 0.15) is 10.4 Å². The van der Waals surface area contributed by atoms with Gasteiger partial charge in [0.25, 0.3) is 5.69 Å². The zero-order valence-electron chi connectivity index (χ0n) is 13.0. The lowest BCUT2D eigenvalue weighted by Crippen LogP contribution is -2.30. The summed E-state index contributed by atoms with van der Waals surface area (Å²) in [6, 6.07) is 6.83. The molecule has 4 rings (SSSR count). The quantitative estimate of drug-likeness (QED) is 0.592. The third-order valence-electron chi connectivity index (χ3n) is 3.95. The van der Waals surface area contributed by atoms with Crippen LogP contribution >= 0.6 is 23.5 Å². The molecule has 2 aliphatic rings. The number of non-ortho nitro benzene ring substituents is 1. The molecule has 0 radical (unpaired) electrons. The Kier molecular flexibility index (Phi) is 3.97. The van der Waals surface area contributed by atoms with Crippen LogP contribution in [0.2, 0.25) is 0 Å². The van der Waals surface area contributed by atoms with Crippen molar-refractivity contribution in [2.75, 3.05) is 5.01 Å². The minimum atomic E-state index is -0.354. The number of unbranched alkanes of at least 4 members (excludes halogenated alkanes) is 1. The van der Waals surface area contributed by atoms with E-state index in [9.17, 15) is 10.1 Å². The minimum absolute atomic E-state index is 0.0370. The number of thioether (sulfide) groups is 2. The van der Waals surface area contributed by atoms with Crippen molar-refractivity contribution in [2.24, 2.45) is 0 Å². The van der Waals surface area contributed by atoms with E-state index in [1.165, 1.54) is 6.07 Å². The first-order valence-electron chi connectivity index (χ1n) is 7.70. The normalized spacial score (nSPS) is 18.5. The van der Waals surface area contributed by atoms with Crippen LogP contribution < -0.4 is 5.01 Å². The number of benzene rings is 1. The monoisotopic (exact) mass is 361 g/mol. The van der Waals surface area contributed by atoms with Crippen molar-refractivity contribution >= 4 is 29.2 Å². The third kappa shape index (κ3) is 2.48. The molecule has 0 N–H and O–H groups in total. The maximum Gasteiger partial charge on any atom is 0.269 e. The van der Waals surface area contributed by atoms with E-state index in [4.69, 9.17) is 0 Å². The summed E-state index contributed by atoms with van der Waals surface area (Å²) in [6.45, 7) is 2.15. The Morgan fingerprint density at radius 2 is 2.25 bits per heavy atom. The number of hydrogen-bond acceptors (Lipinski definition) is 7. The topological polar surface area (TPSA) is 77.1 Å². The average Bonchev–Trinajstić information content (AvgIpc) is 3.24. The number of fused-ring (bicyclic) bond motifs is 3. The Hall–Kier alpha value is -2.00. The summed E-state index contributed by atoms with van der Waals surface area (Å²) in [5.41, 5.74) is 1.02. The van der Waals surface area contributed by atoms with Gasteiger partial charge in [-0.1, -0.05) is 37.2 Å². The lowest BCUT2D eigenvalue weighted by molar-refractivity contribution is -0.384. The fraction of sp³-hybridized carbons (Fsp3) is 0.333. The molecule has 9 heteroatoms. The molecule has 2 aromatic rings. The molecule has 0 spiro atoms. The summed E-state index contributed by atoms with van der Waals surface area (Å²) in [6.07, 6.45) is 3.03. The molecule has 3 heterocycles. The number of hydrogen-bond donors (Lipinski definition) is 0. The summed E-state index contributed by atoms with van der Waals surface area (Å²) < 4.78 is 2.07. The molecule has 0 unspecified atom stereocenters. The first kappa shape index (κ1) is 15.5. The van der Waals surface area contributed by atoms with Crippen LogP contribution in [-0.4, -0.2) is 19.8 Å². The van der Waals surface area contributed by atoms with E-state index in [0.717, 1.165) is 40.8 Å². The zero-order valence-corrected chi connectivity index (χ0v) is 14.6. The first-order chi connectivity index (χ1) is 11.7. The molecule has 0 amide bonds. The maximum absolute atomic E-state index is 11.1. The van der Waals surface area contributed by atoms with Crippen molar-refractivity contribution in [3.63, 3.8) is 0 Å². The largest absolute Gasteiger partial charge is 0.269 e. The van der Waals surface area contributed by atoms with Crippen LogP contribution in [0.3, 0.4) is 0 Å². The second-order valence-electron chi connectivity index (χ2n) is 5.56. The standard InChI is InChI=1S/C15H15N5O2S2/c1-2-3-7-12-16-17-15-18(12)19-13(24-15)9-23-14(19)10-5-4-6-11(8-10)20(21)22/h4-6,8-9,14H,2-3,7H2,1H3/t14-/m1/s1.